The lowest BCUT2D eigenvalue weighted by atomic mass is 10.3. The summed E-state index contributed by atoms with van der Waals surface area (Å²) < 4.78 is 30.2. The number of aryl methyl sites for hydroxylation is 1. The van der Waals surface area contributed by atoms with Gasteiger partial charge in [-0.1, -0.05) is 0 Å². The van der Waals surface area contributed by atoms with Crippen LogP contribution in [0, 0.1) is 6.92 Å². The first kappa shape index (κ1) is 15.1. The average molecular weight is 292 g/mol. The molecule has 0 fully saturated rings. The number of carbonyl (C=O) groups is 2. The SMILES string of the molecule is Cc1oc(C(=O)O)cc1S(=O)(=O)NCC(O)C(N)=O. The van der Waals surface area contributed by atoms with E-state index in [1.54, 1.807) is 0 Å². The molecule has 1 rings (SSSR count). The Bertz CT molecular complexity index is 604. The summed E-state index contributed by atoms with van der Waals surface area (Å²) in [5.41, 5.74) is 4.76. The van der Waals surface area contributed by atoms with Crippen molar-refractivity contribution < 1.29 is 32.6 Å². The molecular formula is C9H12N2O7S. The number of amides is 1. The molecule has 10 heteroatoms. The van der Waals surface area contributed by atoms with E-state index in [-0.39, 0.29) is 10.7 Å². The van der Waals surface area contributed by atoms with Gasteiger partial charge in [-0.15, -0.1) is 0 Å². The van der Waals surface area contributed by atoms with Crippen molar-refractivity contribution in [2.24, 2.45) is 5.73 Å². The molecule has 1 unspecified atom stereocenters. The van der Waals surface area contributed by atoms with Crippen LogP contribution in [0.15, 0.2) is 15.4 Å². The zero-order valence-corrected chi connectivity index (χ0v) is 10.6. The number of furan rings is 1. The molecule has 1 amide bonds. The molecule has 0 aliphatic heterocycles. The Morgan fingerprint density at radius 3 is 2.53 bits per heavy atom. The fraction of sp³-hybridized carbons (Fsp3) is 0.333. The van der Waals surface area contributed by atoms with Gasteiger partial charge in [-0.25, -0.2) is 17.9 Å². The van der Waals surface area contributed by atoms with Crippen molar-refractivity contribution in [3.8, 4) is 0 Å². The number of hydrogen-bond donors (Lipinski definition) is 4. The number of carboxylic acids is 1. The van der Waals surface area contributed by atoms with Gasteiger partial charge in [0.2, 0.25) is 21.7 Å². The fourth-order valence-corrected chi connectivity index (χ4v) is 2.42. The number of primary amides is 1. The minimum atomic E-state index is -4.11. The van der Waals surface area contributed by atoms with Gasteiger partial charge in [-0.05, 0) is 6.92 Å². The number of carboxylic acid groups (broad SMARTS) is 1. The lowest BCUT2D eigenvalue weighted by Gasteiger charge is -2.08. The molecule has 106 valence electrons. The van der Waals surface area contributed by atoms with Gasteiger partial charge in [-0.3, -0.25) is 4.79 Å². The predicted octanol–water partition coefficient (Wildman–Crippen LogP) is -1.59. The molecule has 0 radical (unpaired) electrons. The van der Waals surface area contributed by atoms with E-state index in [4.69, 9.17) is 20.4 Å². The summed E-state index contributed by atoms with van der Waals surface area (Å²) in [5.74, 6) is -3.16. The highest BCUT2D eigenvalue weighted by Gasteiger charge is 2.25. The van der Waals surface area contributed by atoms with E-state index in [1.807, 2.05) is 4.72 Å². The summed E-state index contributed by atoms with van der Waals surface area (Å²) in [5, 5.41) is 17.7. The number of aliphatic hydroxyl groups is 1. The third kappa shape index (κ3) is 3.53. The van der Waals surface area contributed by atoms with Crippen LogP contribution in [0.5, 0.6) is 0 Å². The summed E-state index contributed by atoms with van der Waals surface area (Å²) in [6.45, 7) is 0.649. The summed E-state index contributed by atoms with van der Waals surface area (Å²) in [6, 6.07) is 0.830. The maximum absolute atomic E-state index is 11.8. The Morgan fingerprint density at radius 2 is 2.11 bits per heavy atom. The molecule has 0 bridgehead atoms. The van der Waals surface area contributed by atoms with Gasteiger partial charge in [0, 0.05) is 12.6 Å². The minimum Gasteiger partial charge on any atom is -0.475 e. The van der Waals surface area contributed by atoms with Crippen molar-refractivity contribution in [3.05, 3.63) is 17.6 Å². The number of aliphatic hydroxyl groups excluding tert-OH is 1. The topological polar surface area (TPSA) is 160 Å². The average Bonchev–Trinajstić information content (AvgIpc) is 2.69. The van der Waals surface area contributed by atoms with Gasteiger partial charge in [-0.2, -0.15) is 0 Å². The second-order valence-corrected chi connectivity index (χ2v) is 5.34. The summed E-state index contributed by atoms with van der Waals surface area (Å²) in [4.78, 5) is 20.8. The molecule has 1 heterocycles. The van der Waals surface area contributed by atoms with Crippen LogP contribution >= 0.6 is 0 Å². The van der Waals surface area contributed by atoms with E-state index in [0.29, 0.717) is 0 Å². The third-order valence-electron chi connectivity index (χ3n) is 2.17. The normalized spacial score (nSPS) is 13.2. The van der Waals surface area contributed by atoms with E-state index in [0.717, 1.165) is 6.07 Å². The quantitative estimate of drug-likeness (QED) is 0.491. The van der Waals surface area contributed by atoms with Crippen molar-refractivity contribution in [2.75, 3.05) is 6.54 Å². The summed E-state index contributed by atoms with van der Waals surface area (Å²) in [6.07, 6.45) is -1.68. The van der Waals surface area contributed by atoms with E-state index in [9.17, 15) is 18.0 Å². The summed E-state index contributed by atoms with van der Waals surface area (Å²) >= 11 is 0. The van der Waals surface area contributed by atoms with Crippen LogP contribution in [-0.4, -0.2) is 43.2 Å². The monoisotopic (exact) mass is 292 g/mol. The molecule has 5 N–H and O–H groups in total. The highest BCUT2D eigenvalue weighted by atomic mass is 32.2. The number of aromatic carboxylic acids is 1. The van der Waals surface area contributed by atoms with Crippen molar-refractivity contribution in [2.45, 2.75) is 17.9 Å². The molecule has 0 aliphatic carbocycles. The number of carbonyl (C=O) groups excluding carboxylic acids is 1. The zero-order valence-electron chi connectivity index (χ0n) is 9.78. The Hall–Kier alpha value is -1.91. The van der Waals surface area contributed by atoms with Gasteiger partial charge in [0.25, 0.3) is 0 Å². The fourth-order valence-electron chi connectivity index (χ4n) is 1.20. The molecule has 0 saturated carbocycles. The van der Waals surface area contributed by atoms with Gasteiger partial charge >= 0.3 is 5.97 Å². The Morgan fingerprint density at radius 1 is 1.53 bits per heavy atom. The van der Waals surface area contributed by atoms with Crippen LogP contribution in [0.3, 0.4) is 0 Å². The zero-order chi connectivity index (χ0) is 14.8. The standard InChI is InChI=1S/C9H12N2O7S/c1-4-7(2-6(18-4)9(14)15)19(16,17)11-3-5(12)8(10)13/h2,5,11-12H,3H2,1H3,(H2,10,13)(H,14,15). The van der Waals surface area contributed by atoms with Crippen molar-refractivity contribution in [1.82, 2.24) is 4.72 Å². The van der Waals surface area contributed by atoms with Crippen molar-refractivity contribution in [3.63, 3.8) is 0 Å². The molecule has 9 nitrogen and oxygen atoms in total. The maximum Gasteiger partial charge on any atom is 0.371 e. The Labute approximate surface area is 108 Å². The second-order valence-electron chi connectivity index (χ2n) is 3.61. The minimum absolute atomic E-state index is 0.126. The first-order valence-corrected chi connectivity index (χ1v) is 6.44. The highest BCUT2D eigenvalue weighted by molar-refractivity contribution is 7.89. The molecule has 0 aromatic carbocycles. The van der Waals surface area contributed by atoms with Crippen LogP contribution < -0.4 is 10.5 Å². The van der Waals surface area contributed by atoms with E-state index < -0.39 is 40.3 Å². The number of nitrogens with two attached hydrogens (primary N) is 1. The smallest absolute Gasteiger partial charge is 0.371 e. The van der Waals surface area contributed by atoms with Crippen molar-refractivity contribution >= 4 is 21.9 Å². The Kier molecular flexibility index (Phi) is 4.29. The van der Waals surface area contributed by atoms with Crippen LogP contribution in [-0.2, 0) is 14.8 Å². The lowest BCUT2D eigenvalue weighted by Crippen LogP contribution is -2.39. The van der Waals surface area contributed by atoms with Crippen molar-refractivity contribution in [1.29, 1.82) is 0 Å². The highest BCUT2D eigenvalue weighted by Crippen LogP contribution is 2.19. The van der Waals surface area contributed by atoms with Gasteiger partial charge in [0.15, 0.2) is 0 Å². The molecule has 1 aromatic heterocycles. The molecule has 1 aromatic rings. The van der Waals surface area contributed by atoms with Gasteiger partial charge in [0.05, 0.1) is 0 Å². The first-order valence-electron chi connectivity index (χ1n) is 4.96. The van der Waals surface area contributed by atoms with Gasteiger partial charge < -0.3 is 20.4 Å². The number of rotatable bonds is 6. The van der Waals surface area contributed by atoms with E-state index >= 15 is 0 Å². The number of nitrogens with one attached hydrogen (secondary N) is 1. The molecule has 0 aliphatic rings. The maximum atomic E-state index is 11.8. The Balaban J connectivity index is 2.95. The third-order valence-corrected chi connectivity index (χ3v) is 3.70. The number of hydrogen-bond acceptors (Lipinski definition) is 6. The van der Waals surface area contributed by atoms with Crippen LogP contribution in [0.1, 0.15) is 16.3 Å². The van der Waals surface area contributed by atoms with Crippen LogP contribution in [0.4, 0.5) is 0 Å². The predicted molar refractivity (Wildman–Crippen MR) is 60.8 cm³/mol. The van der Waals surface area contributed by atoms with Crippen LogP contribution in [0.2, 0.25) is 0 Å². The van der Waals surface area contributed by atoms with E-state index in [2.05, 4.69) is 0 Å². The molecule has 1 atom stereocenters. The first-order chi connectivity index (χ1) is 8.65. The second kappa shape index (κ2) is 5.38. The largest absolute Gasteiger partial charge is 0.475 e. The van der Waals surface area contributed by atoms with E-state index in [1.165, 1.54) is 6.92 Å². The van der Waals surface area contributed by atoms with Gasteiger partial charge in [0.1, 0.15) is 16.8 Å². The van der Waals surface area contributed by atoms with Crippen LogP contribution in [0.25, 0.3) is 0 Å². The summed E-state index contributed by atoms with van der Waals surface area (Å²) in [7, 11) is -4.11. The molecule has 0 spiro atoms. The molecule has 0 saturated heterocycles. The lowest BCUT2D eigenvalue weighted by molar-refractivity contribution is -0.125. The molecule has 19 heavy (non-hydrogen) atoms. The number of sulfonamides is 1. The molecular weight excluding hydrogens is 280 g/mol.